The lowest BCUT2D eigenvalue weighted by molar-refractivity contribution is 0.0951. The van der Waals surface area contributed by atoms with Crippen LogP contribution in [0.5, 0.6) is 0 Å². The van der Waals surface area contributed by atoms with Crippen molar-refractivity contribution < 1.29 is 17.7 Å². The number of hydrogen-bond acceptors (Lipinski definition) is 1. The predicted molar refractivity (Wildman–Crippen MR) is 60.7 cm³/mol. The fourth-order valence-corrected chi connectivity index (χ4v) is 1.61. The summed E-state index contributed by atoms with van der Waals surface area (Å²) in [4.78, 5) is 11.6. The van der Waals surface area contributed by atoms with E-state index in [1.165, 1.54) is 0 Å². The third-order valence-electron chi connectivity index (χ3n) is 2.53. The normalized spacial score (nSPS) is 15.8. The molecule has 0 unspecified atom stereocenters. The van der Waals surface area contributed by atoms with E-state index in [1.807, 2.05) is 0 Å². The van der Waals surface area contributed by atoms with Gasteiger partial charge in [-0.05, 0) is 18.9 Å². The van der Waals surface area contributed by atoms with Gasteiger partial charge in [0.05, 0.1) is 10.6 Å². The molecule has 2 rings (SSSR count). The van der Waals surface area contributed by atoms with Crippen molar-refractivity contribution in [2.24, 2.45) is 0 Å². The highest BCUT2D eigenvalue weighted by Crippen LogP contribution is 2.22. The van der Waals surface area contributed by atoms with Gasteiger partial charge in [0.15, 0.2) is 0 Å². The summed E-state index contributed by atoms with van der Waals surface area (Å²) in [6.45, 7) is -5.11. The Bertz CT molecular complexity index is 459. The minimum atomic E-state index is -5.11. The molecule has 1 aromatic rings. The quantitative estimate of drug-likeness (QED) is 0.832. The van der Waals surface area contributed by atoms with Crippen LogP contribution in [0.25, 0.3) is 0 Å². The van der Waals surface area contributed by atoms with Crippen molar-refractivity contribution in [3.05, 3.63) is 28.8 Å². The number of amides is 1. The Hall–Kier alpha value is -1.17. The van der Waals surface area contributed by atoms with Crippen molar-refractivity contribution in [3.63, 3.8) is 0 Å². The smallest absolute Gasteiger partial charge is 0.445 e. The summed E-state index contributed by atoms with van der Waals surface area (Å²) in [5, 5.41) is 2.64. The molecular weight excluding hydrogens is 253 g/mol. The molecule has 7 heteroatoms. The molecule has 1 fully saturated rings. The summed E-state index contributed by atoms with van der Waals surface area (Å²) < 4.78 is 37.6. The van der Waals surface area contributed by atoms with Gasteiger partial charge in [-0.25, -0.2) is 0 Å². The highest BCUT2D eigenvalue weighted by atomic mass is 35.5. The van der Waals surface area contributed by atoms with E-state index in [1.54, 1.807) is 0 Å². The molecule has 92 valence electrons. The second-order valence-electron chi connectivity index (χ2n) is 4.06. The average molecular weight is 262 g/mol. The van der Waals surface area contributed by atoms with Gasteiger partial charge in [-0.2, -0.15) is 0 Å². The Morgan fingerprint density at radius 2 is 2.00 bits per heavy atom. The molecule has 0 radical (unpaired) electrons. The van der Waals surface area contributed by atoms with E-state index in [-0.39, 0.29) is 16.6 Å². The maximum Gasteiger partial charge on any atom is 0.509 e. The average Bonchev–Trinajstić information content (AvgIpc) is 3.00. The first-order valence-corrected chi connectivity index (χ1v) is 5.56. The number of benzene rings is 1. The van der Waals surface area contributed by atoms with E-state index in [2.05, 4.69) is 5.32 Å². The Morgan fingerprint density at radius 1 is 1.35 bits per heavy atom. The number of carbonyl (C=O) groups excluding carboxylic acids is 1. The van der Waals surface area contributed by atoms with Gasteiger partial charge in [0.2, 0.25) is 0 Å². The summed E-state index contributed by atoms with van der Waals surface area (Å²) in [6, 6.07) is 2.88. The van der Waals surface area contributed by atoms with Crippen molar-refractivity contribution in [1.29, 1.82) is 0 Å². The molecule has 0 aromatic heterocycles. The zero-order valence-corrected chi connectivity index (χ0v) is 9.48. The van der Waals surface area contributed by atoms with Crippen LogP contribution < -0.4 is 10.8 Å². The Balaban J connectivity index is 2.28. The van der Waals surface area contributed by atoms with Gasteiger partial charge >= 0.3 is 6.98 Å². The maximum absolute atomic E-state index is 12.5. The molecule has 1 aliphatic rings. The monoisotopic (exact) mass is 262 g/mol. The molecule has 1 aromatic carbocycles. The molecule has 0 aliphatic heterocycles. The SMILES string of the molecule is O=C(NC1CC1)c1cc([B-](F)(F)F)ccc1Cl. The van der Waals surface area contributed by atoms with Crippen LogP contribution in [0.1, 0.15) is 23.2 Å². The van der Waals surface area contributed by atoms with E-state index < -0.39 is 18.3 Å². The zero-order chi connectivity index (χ0) is 12.6. The number of rotatable bonds is 3. The molecule has 0 saturated heterocycles. The topological polar surface area (TPSA) is 29.1 Å². The zero-order valence-electron chi connectivity index (χ0n) is 8.72. The lowest BCUT2D eigenvalue weighted by atomic mass is 9.79. The lowest BCUT2D eigenvalue weighted by Gasteiger charge is -2.16. The van der Waals surface area contributed by atoms with E-state index in [4.69, 9.17) is 11.6 Å². The van der Waals surface area contributed by atoms with Crippen molar-refractivity contribution in [2.75, 3.05) is 0 Å². The van der Waals surface area contributed by atoms with Gasteiger partial charge in [0.1, 0.15) is 0 Å². The fraction of sp³-hybridized carbons (Fsp3) is 0.300. The lowest BCUT2D eigenvalue weighted by Crippen LogP contribution is -2.35. The molecular formula is C10H9BClF3NO-. The molecule has 1 N–H and O–H groups in total. The second-order valence-corrected chi connectivity index (χ2v) is 4.47. The molecule has 17 heavy (non-hydrogen) atoms. The molecule has 0 heterocycles. The molecule has 0 atom stereocenters. The first-order valence-electron chi connectivity index (χ1n) is 5.18. The number of nitrogens with one attached hydrogen (secondary N) is 1. The highest BCUT2D eigenvalue weighted by Gasteiger charge is 2.28. The summed E-state index contributed by atoms with van der Waals surface area (Å²) in [5.41, 5.74) is -0.925. The second kappa shape index (κ2) is 4.25. The van der Waals surface area contributed by atoms with E-state index in [0.717, 1.165) is 31.0 Å². The van der Waals surface area contributed by atoms with Gasteiger partial charge in [-0.1, -0.05) is 23.7 Å². The fourth-order valence-electron chi connectivity index (χ4n) is 1.41. The van der Waals surface area contributed by atoms with Crippen molar-refractivity contribution in [3.8, 4) is 0 Å². The molecule has 1 aliphatic carbocycles. The number of halogens is 4. The van der Waals surface area contributed by atoms with Crippen molar-refractivity contribution >= 4 is 29.9 Å². The molecule has 1 amide bonds. The molecule has 1 saturated carbocycles. The minimum absolute atomic E-state index is 0.0342. The highest BCUT2D eigenvalue weighted by molar-refractivity contribution is 6.73. The third kappa shape index (κ3) is 2.94. The molecule has 0 bridgehead atoms. The Labute approximate surface area is 101 Å². The van der Waals surface area contributed by atoms with E-state index >= 15 is 0 Å². The van der Waals surface area contributed by atoms with Gasteiger partial charge in [0, 0.05) is 6.04 Å². The summed E-state index contributed by atoms with van der Waals surface area (Å²) in [5.74, 6) is -0.542. The largest absolute Gasteiger partial charge is 0.509 e. The summed E-state index contributed by atoms with van der Waals surface area (Å²) >= 11 is 5.72. The molecule has 0 spiro atoms. The first-order chi connectivity index (χ1) is 7.88. The predicted octanol–water partition coefficient (Wildman–Crippen LogP) is 2.29. The van der Waals surface area contributed by atoms with Crippen molar-refractivity contribution in [1.82, 2.24) is 5.32 Å². The first kappa shape index (κ1) is 12.3. The summed E-state index contributed by atoms with van der Waals surface area (Å²) in [7, 11) is 0. The van der Waals surface area contributed by atoms with Crippen LogP contribution in [-0.2, 0) is 0 Å². The number of hydrogen-bond donors (Lipinski definition) is 1. The van der Waals surface area contributed by atoms with Crippen molar-refractivity contribution in [2.45, 2.75) is 18.9 Å². The van der Waals surface area contributed by atoms with E-state index in [9.17, 15) is 17.7 Å². The Kier molecular flexibility index (Phi) is 3.08. The van der Waals surface area contributed by atoms with Crippen LogP contribution in [0.4, 0.5) is 12.9 Å². The van der Waals surface area contributed by atoms with Gasteiger partial charge in [0.25, 0.3) is 5.91 Å². The van der Waals surface area contributed by atoms with Crippen LogP contribution in [0, 0.1) is 0 Å². The maximum atomic E-state index is 12.5. The molecule has 2 nitrogen and oxygen atoms in total. The Morgan fingerprint density at radius 3 is 2.53 bits per heavy atom. The van der Waals surface area contributed by atoms with Crippen LogP contribution in [0.2, 0.25) is 5.02 Å². The standard InChI is InChI=1S/C10H9BClF3NO/c12-9-4-1-6(11(13,14)15)5-8(9)10(17)16-7-2-3-7/h1,4-5,7H,2-3H2,(H,16,17)/q-1. The minimum Gasteiger partial charge on any atom is -0.445 e. The van der Waals surface area contributed by atoms with Crippen LogP contribution in [0.3, 0.4) is 0 Å². The summed E-state index contributed by atoms with van der Waals surface area (Å²) in [6.07, 6.45) is 1.73. The number of carbonyl (C=O) groups is 1. The van der Waals surface area contributed by atoms with Gasteiger partial charge < -0.3 is 18.3 Å². The van der Waals surface area contributed by atoms with Gasteiger partial charge in [-0.15, -0.1) is 5.46 Å². The van der Waals surface area contributed by atoms with Gasteiger partial charge in [-0.3, -0.25) is 4.79 Å². The van der Waals surface area contributed by atoms with Crippen LogP contribution in [0.15, 0.2) is 18.2 Å². The third-order valence-corrected chi connectivity index (χ3v) is 2.86. The van der Waals surface area contributed by atoms with Crippen LogP contribution >= 0.6 is 11.6 Å². The van der Waals surface area contributed by atoms with Crippen LogP contribution in [-0.4, -0.2) is 18.9 Å². The van der Waals surface area contributed by atoms with E-state index in [0.29, 0.717) is 0 Å².